The minimum Gasteiger partial charge on any atom is -0.338 e. The summed E-state index contributed by atoms with van der Waals surface area (Å²) >= 11 is 0. The molecule has 26 heavy (non-hydrogen) atoms. The summed E-state index contributed by atoms with van der Waals surface area (Å²) in [6.07, 6.45) is 2.08. The lowest BCUT2D eigenvalue weighted by molar-refractivity contribution is -0.136. The fourth-order valence-corrected chi connectivity index (χ4v) is 4.12. The quantitative estimate of drug-likeness (QED) is 0.855. The molecule has 0 spiro atoms. The van der Waals surface area contributed by atoms with E-state index in [-0.39, 0.29) is 17.7 Å². The molecule has 0 N–H and O–H groups in total. The molecule has 2 aliphatic rings. The molecule has 4 heteroatoms. The Morgan fingerprint density at radius 1 is 1.08 bits per heavy atom. The number of benzene rings is 2. The molecule has 2 amide bonds. The van der Waals surface area contributed by atoms with Crippen LogP contribution in [0, 0.1) is 5.92 Å². The molecule has 4 rings (SSSR count). The summed E-state index contributed by atoms with van der Waals surface area (Å²) in [5.74, 6) is -0.0660. The summed E-state index contributed by atoms with van der Waals surface area (Å²) in [4.78, 5) is 29.4. The summed E-state index contributed by atoms with van der Waals surface area (Å²) in [5, 5.41) is 0. The molecule has 134 valence electrons. The highest BCUT2D eigenvalue weighted by Crippen LogP contribution is 2.30. The summed E-state index contributed by atoms with van der Waals surface area (Å²) in [5.41, 5.74) is 4.67. The van der Waals surface area contributed by atoms with Crippen molar-refractivity contribution in [2.75, 3.05) is 18.0 Å². The molecule has 1 unspecified atom stereocenters. The summed E-state index contributed by atoms with van der Waals surface area (Å²) < 4.78 is 0. The van der Waals surface area contributed by atoms with Gasteiger partial charge in [-0.15, -0.1) is 0 Å². The zero-order chi connectivity index (χ0) is 18.1. The van der Waals surface area contributed by atoms with Gasteiger partial charge in [0.05, 0.1) is 5.92 Å². The molecular formula is C22H24N2O2. The minimum absolute atomic E-state index is 0.0571. The van der Waals surface area contributed by atoms with Crippen molar-refractivity contribution in [3.8, 4) is 0 Å². The van der Waals surface area contributed by atoms with Gasteiger partial charge in [0.2, 0.25) is 11.8 Å². The van der Waals surface area contributed by atoms with Gasteiger partial charge in [-0.05, 0) is 35.6 Å². The predicted octanol–water partition coefficient (Wildman–Crippen LogP) is 3.19. The number of para-hydroxylation sites is 1. The molecule has 0 aliphatic carbocycles. The van der Waals surface area contributed by atoms with E-state index in [1.54, 1.807) is 4.90 Å². The third kappa shape index (κ3) is 3.00. The summed E-state index contributed by atoms with van der Waals surface area (Å²) in [6, 6.07) is 16.3. The minimum atomic E-state index is -0.238. The number of hydrogen-bond donors (Lipinski definition) is 0. The van der Waals surface area contributed by atoms with E-state index in [1.807, 2.05) is 29.2 Å². The lowest BCUT2D eigenvalue weighted by Gasteiger charge is -2.30. The van der Waals surface area contributed by atoms with Crippen molar-refractivity contribution in [1.29, 1.82) is 0 Å². The molecular weight excluding hydrogens is 324 g/mol. The highest BCUT2D eigenvalue weighted by atomic mass is 16.2. The van der Waals surface area contributed by atoms with Gasteiger partial charge < -0.3 is 9.80 Å². The normalized spacial score (nSPS) is 19.6. The van der Waals surface area contributed by atoms with Gasteiger partial charge in [0, 0.05) is 31.7 Å². The fourth-order valence-electron chi connectivity index (χ4n) is 4.12. The first kappa shape index (κ1) is 16.8. The highest BCUT2D eigenvalue weighted by Gasteiger charge is 2.38. The number of rotatable bonds is 3. The van der Waals surface area contributed by atoms with E-state index in [0.717, 1.165) is 30.6 Å². The zero-order valence-electron chi connectivity index (χ0n) is 15.1. The molecule has 2 heterocycles. The monoisotopic (exact) mass is 348 g/mol. The molecule has 1 saturated heterocycles. The number of hydrogen-bond acceptors (Lipinski definition) is 2. The Bertz CT molecular complexity index is 846. The first-order valence-electron chi connectivity index (χ1n) is 9.41. The summed E-state index contributed by atoms with van der Waals surface area (Å²) in [7, 11) is 0. The van der Waals surface area contributed by atoms with Crippen LogP contribution >= 0.6 is 0 Å². The van der Waals surface area contributed by atoms with Gasteiger partial charge in [0.25, 0.3) is 0 Å². The van der Waals surface area contributed by atoms with Crippen LogP contribution in [0.1, 0.15) is 30.0 Å². The number of nitrogens with zero attached hydrogens (tertiary/aromatic N) is 2. The largest absolute Gasteiger partial charge is 0.338 e. The first-order valence-corrected chi connectivity index (χ1v) is 9.41. The maximum atomic E-state index is 13.0. The van der Waals surface area contributed by atoms with Gasteiger partial charge in [-0.1, -0.05) is 49.4 Å². The number of carbonyl (C=O) groups is 2. The Morgan fingerprint density at radius 2 is 1.81 bits per heavy atom. The average Bonchev–Trinajstić information content (AvgIpc) is 3.08. The van der Waals surface area contributed by atoms with E-state index in [9.17, 15) is 9.59 Å². The van der Waals surface area contributed by atoms with Gasteiger partial charge >= 0.3 is 0 Å². The van der Waals surface area contributed by atoms with Crippen molar-refractivity contribution in [3.63, 3.8) is 0 Å². The molecule has 0 saturated carbocycles. The molecule has 0 radical (unpaired) electrons. The number of anilines is 1. The average molecular weight is 348 g/mol. The lowest BCUT2D eigenvalue weighted by atomic mass is 9.98. The Balaban J connectivity index is 1.50. The van der Waals surface area contributed by atoms with E-state index in [2.05, 4.69) is 31.2 Å². The Labute approximate surface area is 154 Å². The van der Waals surface area contributed by atoms with Crippen molar-refractivity contribution >= 4 is 17.5 Å². The molecule has 4 nitrogen and oxygen atoms in total. The topological polar surface area (TPSA) is 40.6 Å². The van der Waals surface area contributed by atoms with Crippen LogP contribution in [0.15, 0.2) is 48.5 Å². The second kappa shape index (κ2) is 6.94. The van der Waals surface area contributed by atoms with Crippen LogP contribution < -0.4 is 4.90 Å². The number of aryl methyl sites for hydroxylation is 1. The van der Waals surface area contributed by atoms with E-state index in [0.29, 0.717) is 19.5 Å². The molecule has 2 aliphatic heterocycles. The second-order valence-electron chi connectivity index (χ2n) is 7.17. The molecule has 1 fully saturated rings. The Kier molecular flexibility index (Phi) is 4.49. The molecule has 2 aromatic rings. The highest BCUT2D eigenvalue weighted by molar-refractivity contribution is 6.00. The molecule has 0 aromatic heterocycles. The van der Waals surface area contributed by atoms with Crippen LogP contribution in [0.5, 0.6) is 0 Å². The van der Waals surface area contributed by atoms with Crippen LogP contribution in [0.3, 0.4) is 0 Å². The third-order valence-corrected chi connectivity index (χ3v) is 5.58. The van der Waals surface area contributed by atoms with Crippen LogP contribution in [0.4, 0.5) is 5.69 Å². The van der Waals surface area contributed by atoms with Crippen molar-refractivity contribution < 1.29 is 9.59 Å². The van der Waals surface area contributed by atoms with Crippen molar-refractivity contribution in [3.05, 3.63) is 65.2 Å². The lowest BCUT2D eigenvalue weighted by Crippen LogP contribution is -2.40. The van der Waals surface area contributed by atoms with Gasteiger partial charge in [-0.3, -0.25) is 9.59 Å². The number of amides is 2. The zero-order valence-corrected chi connectivity index (χ0v) is 15.1. The molecule has 0 bridgehead atoms. The van der Waals surface area contributed by atoms with Gasteiger partial charge in [-0.2, -0.15) is 0 Å². The second-order valence-corrected chi connectivity index (χ2v) is 7.17. The smallest absolute Gasteiger partial charge is 0.228 e. The van der Waals surface area contributed by atoms with E-state index >= 15 is 0 Å². The van der Waals surface area contributed by atoms with Gasteiger partial charge in [-0.25, -0.2) is 0 Å². The maximum Gasteiger partial charge on any atom is 0.228 e. The molecule has 2 aromatic carbocycles. The van der Waals surface area contributed by atoms with E-state index in [4.69, 9.17) is 0 Å². The van der Waals surface area contributed by atoms with Crippen LogP contribution in [0.2, 0.25) is 0 Å². The van der Waals surface area contributed by atoms with E-state index < -0.39 is 0 Å². The van der Waals surface area contributed by atoms with Crippen LogP contribution in [0.25, 0.3) is 0 Å². The molecule has 1 atom stereocenters. The third-order valence-electron chi connectivity index (χ3n) is 5.58. The Hall–Kier alpha value is -2.62. The predicted molar refractivity (Wildman–Crippen MR) is 102 cm³/mol. The van der Waals surface area contributed by atoms with Crippen LogP contribution in [-0.2, 0) is 29.0 Å². The van der Waals surface area contributed by atoms with Crippen LogP contribution in [-0.4, -0.2) is 29.8 Å². The van der Waals surface area contributed by atoms with Gasteiger partial charge in [0.15, 0.2) is 0 Å². The maximum absolute atomic E-state index is 13.0. The fraction of sp³-hybridized carbons (Fsp3) is 0.364. The van der Waals surface area contributed by atoms with E-state index in [1.165, 1.54) is 11.1 Å². The number of carbonyl (C=O) groups excluding carboxylic acids is 2. The van der Waals surface area contributed by atoms with Gasteiger partial charge in [0.1, 0.15) is 0 Å². The van der Waals surface area contributed by atoms with Crippen molar-refractivity contribution in [2.45, 2.75) is 32.7 Å². The SMILES string of the molecule is CCc1ccccc1N1CC(C(=O)N2CCc3ccccc3C2)CC1=O. The Morgan fingerprint density at radius 3 is 2.62 bits per heavy atom. The van der Waals surface area contributed by atoms with Crippen molar-refractivity contribution in [2.24, 2.45) is 5.92 Å². The summed E-state index contributed by atoms with van der Waals surface area (Å²) in [6.45, 7) is 3.98. The van der Waals surface area contributed by atoms with Crippen molar-refractivity contribution in [1.82, 2.24) is 4.90 Å². The first-order chi connectivity index (χ1) is 12.7. The number of fused-ring (bicyclic) bond motifs is 1. The standard InChI is InChI=1S/C22H24N2O2/c1-2-16-7-5-6-10-20(16)24-15-19(13-21(24)25)22(26)23-12-11-17-8-3-4-9-18(17)14-23/h3-10,19H,2,11-15H2,1H3.